The van der Waals surface area contributed by atoms with Gasteiger partial charge in [-0.2, -0.15) is 11.8 Å². The summed E-state index contributed by atoms with van der Waals surface area (Å²) in [6, 6.07) is 10.4. The monoisotopic (exact) mass is 377 g/mol. The molecule has 0 bridgehead atoms. The van der Waals surface area contributed by atoms with Gasteiger partial charge in [0.25, 0.3) is 0 Å². The summed E-state index contributed by atoms with van der Waals surface area (Å²) < 4.78 is 2.27. The number of thioether (sulfide) groups is 1. The number of hydrogen-bond donors (Lipinski definition) is 2. The second-order valence-corrected chi connectivity index (χ2v) is 7.77. The third kappa shape index (κ3) is 6.13. The average molecular weight is 378 g/mol. The average Bonchev–Trinajstić information content (AvgIpc) is 3.05. The molecule has 2 rings (SSSR count). The number of aromatic nitrogens is 2. The summed E-state index contributed by atoms with van der Waals surface area (Å²) in [6.07, 6.45) is 6.05. The normalized spacial score (nSPS) is 12.7. The van der Waals surface area contributed by atoms with Gasteiger partial charge in [0.05, 0.1) is 25.2 Å². The van der Waals surface area contributed by atoms with Crippen LogP contribution in [0.3, 0.4) is 0 Å². The summed E-state index contributed by atoms with van der Waals surface area (Å²) in [5.74, 6) is 0. The first-order chi connectivity index (χ1) is 12.7. The van der Waals surface area contributed by atoms with Crippen LogP contribution in [0, 0.1) is 0 Å². The number of aliphatic hydroxyl groups excluding tert-OH is 2. The number of aryl methyl sites for hydroxylation is 1. The van der Waals surface area contributed by atoms with Gasteiger partial charge in [0, 0.05) is 49.1 Å². The molecule has 0 spiro atoms. The van der Waals surface area contributed by atoms with Crippen LogP contribution >= 0.6 is 11.8 Å². The maximum atomic E-state index is 9.14. The molecule has 5 nitrogen and oxygen atoms in total. The van der Waals surface area contributed by atoms with Gasteiger partial charge in [-0.25, -0.2) is 4.98 Å². The molecule has 1 aromatic carbocycles. The summed E-state index contributed by atoms with van der Waals surface area (Å²) in [5, 5.41) is 18.8. The molecule has 0 aliphatic carbocycles. The lowest BCUT2D eigenvalue weighted by molar-refractivity contribution is 0.158. The van der Waals surface area contributed by atoms with Crippen molar-refractivity contribution >= 4 is 11.8 Å². The van der Waals surface area contributed by atoms with E-state index < -0.39 is 0 Å². The van der Waals surface area contributed by atoms with Crippen LogP contribution in [-0.2, 0) is 13.0 Å². The van der Waals surface area contributed by atoms with Crippen molar-refractivity contribution in [3.8, 4) is 11.3 Å². The first-order valence-electron chi connectivity index (χ1n) is 9.25. The Bertz CT molecular complexity index is 627. The van der Waals surface area contributed by atoms with Gasteiger partial charge in [-0.1, -0.05) is 37.3 Å². The second kappa shape index (κ2) is 11.4. The van der Waals surface area contributed by atoms with Crippen LogP contribution in [0.4, 0.5) is 0 Å². The summed E-state index contributed by atoms with van der Waals surface area (Å²) >= 11 is 1.87. The molecular weight excluding hydrogens is 346 g/mol. The highest BCUT2D eigenvalue weighted by molar-refractivity contribution is 7.99. The van der Waals surface area contributed by atoms with Crippen molar-refractivity contribution in [2.24, 2.45) is 0 Å². The zero-order valence-electron chi connectivity index (χ0n) is 15.8. The van der Waals surface area contributed by atoms with E-state index >= 15 is 0 Å². The van der Waals surface area contributed by atoms with Crippen molar-refractivity contribution in [1.29, 1.82) is 0 Å². The fraction of sp³-hybridized carbons (Fsp3) is 0.550. The van der Waals surface area contributed by atoms with Gasteiger partial charge in [-0.3, -0.25) is 4.90 Å². The van der Waals surface area contributed by atoms with Crippen molar-refractivity contribution in [2.75, 3.05) is 39.1 Å². The fourth-order valence-electron chi connectivity index (χ4n) is 3.09. The van der Waals surface area contributed by atoms with Crippen molar-refractivity contribution in [3.05, 3.63) is 42.4 Å². The van der Waals surface area contributed by atoms with Crippen LogP contribution in [0.2, 0.25) is 0 Å². The van der Waals surface area contributed by atoms with E-state index in [4.69, 9.17) is 15.2 Å². The lowest BCUT2D eigenvalue weighted by Crippen LogP contribution is -2.31. The first kappa shape index (κ1) is 21.0. The van der Waals surface area contributed by atoms with Gasteiger partial charge in [0.2, 0.25) is 0 Å². The molecule has 26 heavy (non-hydrogen) atoms. The van der Waals surface area contributed by atoms with E-state index in [0.29, 0.717) is 18.3 Å². The van der Waals surface area contributed by atoms with Gasteiger partial charge in [-0.05, 0) is 12.7 Å². The molecule has 6 heteroatoms. The third-order valence-corrected chi connectivity index (χ3v) is 5.55. The van der Waals surface area contributed by atoms with E-state index in [1.807, 2.05) is 24.2 Å². The van der Waals surface area contributed by atoms with E-state index in [1.54, 1.807) is 0 Å². The van der Waals surface area contributed by atoms with Crippen LogP contribution in [0.1, 0.15) is 19.0 Å². The Kier molecular flexibility index (Phi) is 9.18. The molecule has 0 saturated carbocycles. The van der Waals surface area contributed by atoms with Crippen LogP contribution in [0.25, 0.3) is 11.3 Å². The minimum Gasteiger partial charge on any atom is -0.395 e. The zero-order valence-corrected chi connectivity index (χ0v) is 16.7. The molecule has 0 aliphatic heterocycles. The highest BCUT2D eigenvalue weighted by Crippen LogP contribution is 2.25. The predicted octanol–water partition coefficient (Wildman–Crippen LogP) is 2.52. The maximum Gasteiger partial charge on any atom is 0.0956 e. The highest BCUT2D eigenvalue weighted by atomic mass is 32.2. The molecule has 1 unspecified atom stereocenters. The van der Waals surface area contributed by atoms with Crippen molar-refractivity contribution < 1.29 is 10.2 Å². The van der Waals surface area contributed by atoms with Gasteiger partial charge in [-0.15, -0.1) is 0 Å². The topological polar surface area (TPSA) is 61.5 Å². The fourth-order valence-corrected chi connectivity index (χ4v) is 3.41. The van der Waals surface area contributed by atoms with Crippen molar-refractivity contribution in [1.82, 2.24) is 14.5 Å². The molecular formula is C20H31N3O2S. The quantitative estimate of drug-likeness (QED) is 0.595. The summed E-state index contributed by atoms with van der Waals surface area (Å²) in [4.78, 5) is 6.80. The Hall–Kier alpha value is -1.34. The van der Waals surface area contributed by atoms with E-state index in [9.17, 15) is 0 Å². The van der Waals surface area contributed by atoms with E-state index in [1.165, 1.54) is 5.69 Å². The number of rotatable bonds is 12. The number of nitrogens with zero attached hydrogens (tertiary/aromatic N) is 3. The zero-order chi connectivity index (χ0) is 18.8. The lowest BCUT2D eigenvalue weighted by Gasteiger charge is -2.20. The molecule has 2 aromatic rings. The number of imidazole rings is 1. The maximum absolute atomic E-state index is 9.14. The van der Waals surface area contributed by atoms with Gasteiger partial charge in [0.1, 0.15) is 0 Å². The lowest BCUT2D eigenvalue weighted by atomic mass is 10.1. The summed E-state index contributed by atoms with van der Waals surface area (Å²) in [7, 11) is 0. The third-order valence-electron chi connectivity index (χ3n) is 4.58. The second-order valence-electron chi connectivity index (χ2n) is 6.49. The van der Waals surface area contributed by atoms with E-state index in [2.05, 4.69) is 46.9 Å². The largest absolute Gasteiger partial charge is 0.395 e. The van der Waals surface area contributed by atoms with Crippen LogP contribution in [0.15, 0.2) is 36.7 Å². The van der Waals surface area contributed by atoms with Gasteiger partial charge in [0.15, 0.2) is 0 Å². The summed E-state index contributed by atoms with van der Waals surface area (Å²) in [5.41, 5.74) is 3.53. The minimum atomic E-state index is 0.125. The number of benzene rings is 1. The molecule has 0 fully saturated rings. The molecule has 1 heterocycles. The molecule has 1 atom stereocenters. The Labute approximate surface area is 161 Å². The Balaban J connectivity index is 2.10. The molecule has 1 aromatic heterocycles. The molecule has 0 radical (unpaired) electrons. The molecule has 0 aliphatic rings. The van der Waals surface area contributed by atoms with E-state index in [-0.39, 0.29) is 13.2 Å². The van der Waals surface area contributed by atoms with Crippen molar-refractivity contribution in [3.63, 3.8) is 0 Å². The smallest absolute Gasteiger partial charge is 0.0956 e. The SMILES string of the molecule is CSC(C)Cc1c(-c2ccccc2)ncn1CCCN(CCO)CCO. The first-order valence-corrected chi connectivity index (χ1v) is 10.5. The van der Waals surface area contributed by atoms with Gasteiger partial charge < -0.3 is 14.8 Å². The number of hydrogen-bond acceptors (Lipinski definition) is 5. The molecule has 144 valence electrons. The standard InChI is InChI=1S/C20H31N3O2S/c1-17(26-2)15-19-20(18-7-4-3-5-8-18)21-16-23(19)10-6-9-22(11-13-24)12-14-25/h3-5,7-8,16-17,24-25H,6,9-15H2,1-2H3. The van der Waals surface area contributed by atoms with Crippen LogP contribution < -0.4 is 0 Å². The molecule has 0 saturated heterocycles. The molecule has 0 amide bonds. The highest BCUT2D eigenvalue weighted by Gasteiger charge is 2.15. The number of aliphatic hydroxyl groups is 2. The van der Waals surface area contributed by atoms with Crippen molar-refractivity contribution in [2.45, 2.75) is 31.6 Å². The minimum absolute atomic E-state index is 0.125. The summed E-state index contributed by atoms with van der Waals surface area (Å²) in [6.45, 7) is 5.47. The Morgan fingerprint density at radius 1 is 1.12 bits per heavy atom. The Morgan fingerprint density at radius 3 is 2.42 bits per heavy atom. The molecule has 2 N–H and O–H groups in total. The van der Waals surface area contributed by atoms with Gasteiger partial charge >= 0.3 is 0 Å². The van der Waals surface area contributed by atoms with E-state index in [0.717, 1.165) is 37.2 Å². The van der Waals surface area contributed by atoms with Crippen LogP contribution in [-0.4, -0.2) is 69.0 Å². The Morgan fingerprint density at radius 2 is 1.81 bits per heavy atom. The van der Waals surface area contributed by atoms with Crippen LogP contribution in [0.5, 0.6) is 0 Å². The predicted molar refractivity (Wildman–Crippen MR) is 110 cm³/mol.